The number of carbonyl (C=O) groups is 1. The summed E-state index contributed by atoms with van der Waals surface area (Å²) in [5.41, 5.74) is 1.07. The lowest BCUT2D eigenvalue weighted by molar-refractivity contribution is -0.119. The number of pyridine rings is 1. The summed E-state index contributed by atoms with van der Waals surface area (Å²) < 4.78 is 0. The number of hydrogen-bond acceptors (Lipinski definition) is 3. The molecule has 2 rings (SSSR count). The van der Waals surface area contributed by atoms with Crippen LogP contribution in [0.1, 0.15) is 25.3 Å². The van der Waals surface area contributed by atoms with Crippen molar-refractivity contribution >= 4 is 17.5 Å². The number of halogens is 1. The standard InChI is InChI=1S/C13H18ClN3O/c1-10(18)16-12-4-7-17(8-5-12)9-11-3-2-6-15-13(11)14/h2-3,6,12H,4-5,7-9H2,1H3,(H,16,18). The predicted octanol–water partition coefficient (Wildman–Crippen LogP) is 1.84. The molecule has 18 heavy (non-hydrogen) atoms. The summed E-state index contributed by atoms with van der Waals surface area (Å²) in [5, 5.41) is 3.56. The van der Waals surface area contributed by atoms with Crippen molar-refractivity contribution in [1.29, 1.82) is 0 Å². The van der Waals surface area contributed by atoms with Gasteiger partial charge in [0.25, 0.3) is 0 Å². The maximum Gasteiger partial charge on any atom is 0.217 e. The first kappa shape index (κ1) is 13.3. The second-order valence-corrected chi connectivity index (χ2v) is 5.06. The summed E-state index contributed by atoms with van der Waals surface area (Å²) in [6.07, 6.45) is 3.70. The highest BCUT2D eigenvalue weighted by Gasteiger charge is 2.20. The van der Waals surface area contributed by atoms with Gasteiger partial charge in [0.05, 0.1) is 0 Å². The smallest absolute Gasteiger partial charge is 0.217 e. The van der Waals surface area contributed by atoms with Crippen LogP contribution >= 0.6 is 11.6 Å². The molecule has 1 saturated heterocycles. The van der Waals surface area contributed by atoms with Crippen molar-refractivity contribution in [2.45, 2.75) is 32.4 Å². The van der Waals surface area contributed by atoms with E-state index < -0.39 is 0 Å². The van der Waals surface area contributed by atoms with Gasteiger partial charge >= 0.3 is 0 Å². The molecule has 2 heterocycles. The van der Waals surface area contributed by atoms with Crippen LogP contribution in [0.3, 0.4) is 0 Å². The Morgan fingerprint density at radius 3 is 2.89 bits per heavy atom. The lowest BCUT2D eigenvalue weighted by Crippen LogP contribution is -2.43. The van der Waals surface area contributed by atoms with Crippen molar-refractivity contribution in [3.05, 3.63) is 29.0 Å². The third-order valence-corrected chi connectivity index (χ3v) is 3.57. The molecule has 1 aromatic heterocycles. The Morgan fingerprint density at radius 2 is 2.28 bits per heavy atom. The monoisotopic (exact) mass is 267 g/mol. The van der Waals surface area contributed by atoms with Crippen LogP contribution < -0.4 is 5.32 Å². The number of carbonyl (C=O) groups excluding carboxylic acids is 1. The number of hydrogen-bond donors (Lipinski definition) is 1. The summed E-state index contributed by atoms with van der Waals surface area (Å²) in [5.74, 6) is 0.0590. The molecule has 1 aromatic rings. The molecular weight excluding hydrogens is 250 g/mol. The highest BCUT2D eigenvalue weighted by atomic mass is 35.5. The van der Waals surface area contributed by atoms with E-state index in [1.165, 1.54) is 0 Å². The number of rotatable bonds is 3. The van der Waals surface area contributed by atoms with Crippen LogP contribution in [0.25, 0.3) is 0 Å². The fourth-order valence-electron chi connectivity index (χ4n) is 2.30. The minimum atomic E-state index is 0.0590. The molecule has 4 nitrogen and oxygen atoms in total. The second kappa shape index (κ2) is 6.16. The van der Waals surface area contributed by atoms with Crippen LogP contribution in [-0.2, 0) is 11.3 Å². The minimum absolute atomic E-state index is 0.0590. The topological polar surface area (TPSA) is 45.2 Å². The third-order valence-electron chi connectivity index (χ3n) is 3.23. The van der Waals surface area contributed by atoms with Crippen molar-refractivity contribution in [2.75, 3.05) is 13.1 Å². The Bertz CT molecular complexity index is 416. The molecular formula is C13H18ClN3O. The van der Waals surface area contributed by atoms with E-state index in [1.807, 2.05) is 12.1 Å². The van der Waals surface area contributed by atoms with Crippen LogP contribution in [0, 0.1) is 0 Å². The Kier molecular flexibility index (Phi) is 4.55. The molecule has 5 heteroatoms. The number of piperidine rings is 1. The number of nitrogens with one attached hydrogen (secondary N) is 1. The first-order valence-electron chi connectivity index (χ1n) is 6.24. The Morgan fingerprint density at radius 1 is 1.56 bits per heavy atom. The molecule has 1 fully saturated rings. The number of amides is 1. The normalized spacial score (nSPS) is 17.7. The van der Waals surface area contributed by atoms with Crippen LogP contribution in [0.15, 0.2) is 18.3 Å². The van der Waals surface area contributed by atoms with Crippen molar-refractivity contribution < 1.29 is 4.79 Å². The number of aromatic nitrogens is 1. The van der Waals surface area contributed by atoms with E-state index >= 15 is 0 Å². The van der Waals surface area contributed by atoms with Crippen LogP contribution in [0.4, 0.5) is 0 Å². The highest BCUT2D eigenvalue weighted by Crippen LogP contribution is 2.17. The Labute approximate surface area is 112 Å². The zero-order chi connectivity index (χ0) is 13.0. The fourth-order valence-corrected chi connectivity index (χ4v) is 2.48. The SMILES string of the molecule is CC(=O)NC1CCN(Cc2cccnc2Cl)CC1. The zero-order valence-corrected chi connectivity index (χ0v) is 11.3. The van der Waals surface area contributed by atoms with E-state index in [9.17, 15) is 4.79 Å². The van der Waals surface area contributed by atoms with Gasteiger partial charge in [-0.05, 0) is 18.9 Å². The Balaban J connectivity index is 1.84. The molecule has 98 valence electrons. The molecule has 0 aliphatic carbocycles. The number of likely N-dealkylation sites (tertiary alicyclic amines) is 1. The zero-order valence-electron chi connectivity index (χ0n) is 10.5. The van der Waals surface area contributed by atoms with Crippen molar-refractivity contribution in [1.82, 2.24) is 15.2 Å². The molecule has 0 saturated carbocycles. The molecule has 1 aliphatic rings. The molecule has 0 unspecified atom stereocenters. The quantitative estimate of drug-likeness (QED) is 0.850. The lowest BCUT2D eigenvalue weighted by atomic mass is 10.0. The first-order chi connectivity index (χ1) is 8.65. The Hall–Kier alpha value is -1.13. The highest BCUT2D eigenvalue weighted by molar-refractivity contribution is 6.30. The van der Waals surface area contributed by atoms with E-state index in [0.717, 1.165) is 38.0 Å². The van der Waals surface area contributed by atoms with Gasteiger partial charge < -0.3 is 5.32 Å². The van der Waals surface area contributed by atoms with Crippen LogP contribution in [-0.4, -0.2) is 34.9 Å². The van der Waals surface area contributed by atoms with E-state index in [2.05, 4.69) is 15.2 Å². The van der Waals surface area contributed by atoms with E-state index in [0.29, 0.717) is 11.2 Å². The summed E-state index contributed by atoms with van der Waals surface area (Å²) in [6, 6.07) is 4.24. The van der Waals surface area contributed by atoms with Gasteiger partial charge in [0.1, 0.15) is 5.15 Å². The molecule has 0 bridgehead atoms. The van der Waals surface area contributed by atoms with Gasteiger partial charge in [-0.3, -0.25) is 9.69 Å². The van der Waals surface area contributed by atoms with Crippen LogP contribution in [0.2, 0.25) is 5.15 Å². The van der Waals surface area contributed by atoms with Crippen LogP contribution in [0.5, 0.6) is 0 Å². The fraction of sp³-hybridized carbons (Fsp3) is 0.538. The molecule has 0 aromatic carbocycles. The van der Waals surface area contributed by atoms with Crippen molar-refractivity contribution in [3.63, 3.8) is 0 Å². The average molecular weight is 268 g/mol. The van der Waals surface area contributed by atoms with Crippen molar-refractivity contribution in [2.24, 2.45) is 0 Å². The first-order valence-corrected chi connectivity index (χ1v) is 6.62. The maximum absolute atomic E-state index is 11.0. The van der Waals surface area contributed by atoms with E-state index in [-0.39, 0.29) is 5.91 Å². The van der Waals surface area contributed by atoms with Gasteiger partial charge in [0.15, 0.2) is 0 Å². The predicted molar refractivity (Wildman–Crippen MR) is 71.4 cm³/mol. The average Bonchev–Trinajstić information content (AvgIpc) is 2.34. The van der Waals surface area contributed by atoms with Gasteiger partial charge in [-0.1, -0.05) is 17.7 Å². The largest absolute Gasteiger partial charge is 0.354 e. The third kappa shape index (κ3) is 3.68. The van der Waals surface area contributed by atoms with E-state index in [1.54, 1.807) is 13.1 Å². The van der Waals surface area contributed by atoms with Gasteiger partial charge in [-0.2, -0.15) is 0 Å². The molecule has 0 spiro atoms. The molecule has 1 N–H and O–H groups in total. The summed E-state index contributed by atoms with van der Waals surface area (Å²) >= 11 is 6.05. The maximum atomic E-state index is 11.0. The molecule has 0 radical (unpaired) electrons. The molecule has 1 aliphatic heterocycles. The second-order valence-electron chi connectivity index (χ2n) is 4.70. The van der Waals surface area contributed by atoms with Gasteiger partial charge in [0, 0.05) is 44.4 Å². The van der Waals surface area contributed by atoms with Crippen molar-refractivity contribution in [3.8, 4) is 0 Å². The lowest BCUT2D eigenvalue weighted by Gasteiger charge is -2.32. The van der Waals surface area contributed by atoms with Gasteiger partial charge in [-0.25, -0.2) is 4.98 Å². The minimum Gasteiger partial charge on any atom is -0.354 e. The summed E-state index contributed by atoms with van der Waals surface area (Å²) in [7, 11) is 0. The molecule has 0 atom stereocenters. The van der Waals surface area contributed by atoms with E-state index in [4.69, 9.17) is 11.6 Å². The van der Waals surface area contributed by atoms with Gasteiger partial charge in [-0.15, -0.1) is 0 Å². The van der Waals surface area contributed by atoms with Gasteiger partial charge in [0.2, 0.25) is 5.91 Å². The summed E-state index contributed by atoms with van der Waals surface area (Å²) in [6.45, 7) is 4.37. The number of nitrogens with zero attached hydrogens (tertiary/aromatic N) is 2. The summed E-state index contributed by atoms with van der Waals surface area (Å²) in [4.78, 5) is 17.4. The molecule has 1 amide bonds.